The second-order valence-corrected chi connectivity index (χ2v) is 0.707. The predicted octanol–water partition coefficient (Wildman–Crippen LogP) is 12.3. The molecule has 0 N–H and O–H groups in total. The molecule has 22 heavy (non-hydrogen) atoms. The molecule has 0 fully saturated rings. The minimum Gasteiger partial charge on any atom is -0.0776 e. The zero-order chi connectivity index (χ0) is 18.7. The molecule has 0 amide bonds. The summed E-state index contributed by atoms with van der Waals surface area (Å²) in [5.74, 6) is 0. The first-order valence-corrected chi connectivity index (χ1v) is 6.41. The van der Waals surface area contributed by atoms with Gasteiger partial charge in [-0.1, -0.05) is 156 Å². The van der Waals surface area contributed by atoms with Gasteiger partial charge in [-0.3, -0.25) is 0 Å². The molecule has 0 radical (unpaired) electrons. The zero-order valence-corrected chi connectivity index (χ0v) is 15.7. The van der Waals surface area contributed by atoms with Crippen LogP contribution in [-0.2, 0) is 0 Å². The molecule has 0 aromatic rings. The summed E-state index contributed by atoms with van der Waals surface area (Å²) < 4.78 is 17.2. The molecule has 0 atom stereocenters. The fraction of sp³-hybridized carbons (Fsp3) is 1.00. The molecule has 0 heteroatoms. The molecule has 0 aromatic carbocycles. The summed E-state index contributed by atoms with van der Waals surface area (Å²) in [5.41, 5.74) is 0. The van der Waals surface area contributed by atoms with Gasteiger partial charge in [-0.15, -0.1) is 0 Å². The van der Waals surface area contributed by atoms with Crippen LogP contribution in [0.5, 0.6) is 0 Å². The van der Waals surface area contributed by atoms with Crippen LogP contribution < -0.4 is 0 Å². The normalized spacial score (nSPS) is 3.14. The summed E-state index contributed by atoms with van der Waals surface area (Å²) in [6.07, 6.45) is 1.25. The van der Waals surface area contributed by atoms with E-state index in [1.165, 1.54) is 28.6 Å². The van der Waals surface area contributed by atoms with Crippen molar-refractivity contribution in [3.8, 4) is 0 Å². The van der Waals surface area contributed by atoms with Gasteiger partial charge in [0.05, 0.1) is 0 Å². The molecule has 0 aromatic heterocycles. The van der Waals surface area contributed by atoms with Gasteiger partial charge in [0, 0.05) is 4.11 Å². The highest BCUT2D eigenvalue weighted by molar-refractivity contribution is 3.92. The first-order valence-electron chi connectivity index (χ1n) is 9.41. The Bertz CT molecular complexity index is 13.2. The maximum Gasteiger partial charge on any atom is 0.0194 e. The van der Waals surface area contributed by atoms with Crippen LogP contribution in [0, 0.1) is 0 Å². The SMILES string of the molecule is C.C.C.C.C.C.CC.CC.CC.CC.CC.CCC.[3H]C.[3H]C.[3H]C. The summed E-state index contributed by atoms with van der Waals surface area (Å²) >= 11 is 0. The Morgan fingerprint density at radius 1 is 0.364 bits per heavy atom. The van der Waals surface area contributed by atoms with Crippen LogP contribution in [0.25, 0.3) is 0 Å². The second kappa shape index (κ2) is 8400. The van der Waals surface area contributed by atoms with Gasteiger partial charge in [0.15, 0.2) is 0 Å². The minimum absolute atomic E-state index is 0. The van der Waals surface area contributed by atoms with E-state index in [-0.39, 0.29) is 44.6 Å². The molecule has 0 spiro atoms. The van der Waals surface area contributed by atoms with Crippen molar-refractivity contribution in [2.45, 2.75) is 156 Å². The van der Waals surface area contributed by atoms with Gasteiger partial charge in [-0.25, -0.2) is 0 Å². The Balaban J connectivity index is -0.00000000337. The molecule has 0 nitrogen and oxygen atoms in total. The molecule has 0 bridgehead atoms. The number of hydrogen-bond acceptors (Lipinski definition) is 0. The van der Waals surface area contributed by atoms with Crippen LogP contribution in [-0.4, -0.2) is 0 Å². The average molecular weight is 345 g/mol. The fourth-order valence-corrected chi connectivity index (χ4v) is 0. The first kappa shape index (κ1) is 97.0. The first-order chi connectivity index (χ1) is 9.41. The highest BCUT2D eigenvalue weighted by Gasteiger charge is 1.35. The van der Waals surface area contributed by atoms with Gasteiger partial charge in [0.25, 0.3) is 0 Å². The summed E-state index contributed by atoms with van der Waals surface area (Å²) in [6.45, 7) is 24.2. The van der Waals surface area contributed by atoms with Crippen LogP contribution in [0.4, 0.5) is 0 Å². The van der Waals surface area contributed by atoms with Crippen molar-refractivity contribution in [3.63, 3.8) is 0 Å². The Morgan fingerprint density at radius 2 is 0.364 bits per heavy atom. The van der Waals surface area contributed by atoms with Gasteiger partial charge in [-0.2, -0.15) is 0 Å². The van der Waals surface area contributed by atoms with Gasteiger partial charge in [0.1, 0.15) is 0 Å². The molecule has 0 saturated heterocycles. The van der Waals surface area contributed by atoms with Crippen LogP contribution in [0.2, 0.25) is 0 Å². The van der Waals surface area contributed by atoms with Crippen molar-refractivity contribution in [3.05, 3.63) is 0 Å². The fourth-order valence-electron chi connectivity index (χ4n) is 0. The van der Waals surface area contributed by atoms with Crippen molar-refractivity contribution >= 4 is 0 Å². The highest BCUT2D eigenvalue weighted by Crippen LogP contribution is 1.56. The maximum atomic E-state index is 5.75. The number of rotatable bonds is 0. The van der Waals surface area contributed by atoms with Crippen LogP contribution in [0.3, 0.4) is 0 Å². The largest absolute Gasteiger partial charge is 0.0776 e. The summed E-state index contributed by atoms with van der Waals surface area (Å²) in [6, 6.07) is 0. The minimum atomic E-state index is 0. The lowest BCUT2D eigenvalue weighted by atomic mass is 10.6. The van der Waals surface area contributed by atoms with E-state index in [0.717, 1.165) is 0 Å². The standard InChI is InChI=1S/C3H8.5C2H6.9CH4/c1-3-2;5*1-2;;;;;;;;;/h3H2,1-2H3;5*1-2H3;9*1H4/i;;;;;;3*1T;;;;;;. The lowest BCUT2D eigenvalue weighted by Crippen LogP contribution is -1.27. The topological polar surface area (TPSA) is 0 Å². The van der Waals surface area contributed by atoms with Crippen molar-refractivity contribution in [1.29, 1.82) is 0 Å². The van der Waals surface area contributed by atoms with Crippen molar-refractivity contribution < 1.29 is 4.11 Å². The molecule has 0 saturated carbocycles. The van der Waals surface area contributed by atoms with E-state index in [0.29, 0.717) is 0 Å². The van der Waals surface area contributed by atoms with Crippen molar-refractivity contribution in [2.75, 3.05) is 0 Å². The third-order valence-corrected chi connectivity index (χ3v) is 0. The Labute approximate surface area is 161 Å². The monoisotopic (exact) mass is 345 g/mol. The van der Waals surface area contributed by atoms with Gasteiger partial charge in [-0.05, 0) is 0 Å². The van der Waals surface area contributed by atoms with E-state index in [2.05, 4.69) is 13.8 Å². The Kier molecular flexibility index (Phi) is 37000. The van der Waals surface area contributed by atoms with E-state index in [4.69, 9.17) is 4.11 Å². The van der Waals surface area contributed by atoms with Crippen LogP contribution in [0.1, 0.15) is 160 Å². The quantitative estimate of drug-likeness (QED) is 0.409. The van der Waals surface area contributed by atoms with Gasteiger partial charge in [0.2, 0.25) is 0 Å². The van der Waals surface area contributed by atoms with Crippen molar-refractivity contribution in [1.82, 2.24) is 0 Å². The Hall–Kier alpha value is 0. The van der Waals surface area contributed by atoms with Crippen LogP contribution >= 0.6 is 0 Å². The lowest BCUT2D eigenvalue weighted by Gasteiger charge is -1.48. The molecule has 162 valence electrons. The summed E-state index contributed by atoms with van der Waals surface area (Å²) in [4.78, 5) is 0. The number of hydrogen-bond donors (Lipinski definition) is 0. The average Bonchev–Trinajstić information content (AvgIpc) is 2.62. The summed E-state index contributed by atoms with van der Waals surface area (Å²) in [5, 5.41) is 0. The predicted molar refractivity (Wildman–Crippen MR) is 133 cm³/mol. The molecule has 0 unspecified atom stereocenters. The van der Waals surface area contributed by atoms with E-state index >= 15 is 0 Å². The molecular formula is C22H74. The molecular weight excluding hydrogens is 264 g/mol. The third kappa shape index (κ3) is 0. The molecule has 0 heterocycles. The van der Waals surface area contributed by atoms with Crippen molar-refractivity contribution in [2.24, 2.45) is 0 Å². The smallest absolute Gasteiger partial charge is 0.0194 e. The van der Waals surface area contributed by atoms with Gasteiger partial charge >= 0.3 is 0 Å². The van der Waals surface area contributed by atoms with E-state index in [1.54, 1.807) is 0 Å². The third-order valence-electron chi connectivity index (χ3n) is 0. The van der Waals surface area contributed by atoms with E-state index in [9.17, 15) is 0 Å². The zero-order valence-electron chi connectivity index (χ0n) is 18.7. The second-order valence-electron chi connectivity index (χ2n) is 0.707. The van der Waals surface area contributed by atoms with E-state index < -0.39 is 0 Å². The highest BCUT2D eigenvalue weighted by atomic mass is 13.4. The summed E-state index contributed by atoms with van der Waals surface area (Å²) in [7, 11) is 3.75. The lowest BCUT2D eigenvalue weighted by molar-refractivity contribution is 1.09. The van der Waals surface area contributed by atoms with E-state index in [1.807, 2.05) is 69.2 Å². The molecule has 0 aliphatic rings. The molecule has 0 rings (SSSR count). The molecule has 0 aliphatic heterocycles. The van der Waals surface area contributed by atoms with Crippen LogP contribution in [0.15, 0.2) is 0 Å². The molecule has 0 aliphatic carbocycles. The Morgan fingerprint density at radius 3 is 0.364 bits per heavy atom. The maximum absolute atomic E-state index is 5.75. The van der Waals surface area contributed by atoms with Gasteiger partial charge < -0.3 is 0 Å².